The Morgan fingerprint density at radius 2 is 1.64 bits per heavy atom. The third kappa shape index (κ3) is 3.15. The van der Waals surface area contributed by atoms with E-state index in [4.69, 9.17) is 5.10 Å². The van der Waals surface area contributed by atoms with Gasteiger partial charge in [0.25, 0.3) is 0 Å². The van der Waals surface area contributed by atoms with Crippen molar-refractivity contribution in [2.45, 2.75) is 19.3 Å². The van der Waals surface area contributed by atoms with Gasteiger partial charge in [-0.25, -0.2) is 4.68 Å². The predicted molar refractivity (Wildman–Crippen MR) is 105 cm³/mol. The molecule has 0 fully saturated rings. The van der Waals surface area contributed by atoms with Crippen LogP contribution >= 0.6 is 11.3 Å². The topological polar surface area (TPSA) is 17.8 Å². The zero-order valence-electron chi connectivity index (χ0n) is 14.2. The van der Waals surface area contributed by atoms with Crippen LogP contribution in [0.2, 0.25) is 0 Å². The molecule has 124 valence electrons. The number of hydrogen-bond donors (Lipinski definition) is 0. The van der Waals surface area contributed by atoms with Crippen LogP contribution in [-0.4, -0.2) is 9.78 Å². The second kappa shape index (κ2) is 7.08. The molecule has 2 nitrogen and oxygen atoms in total. The Morgan fingerprint density at radius 3 is 2.28 bits per heavy atom. The summed E-state index contributed by atoms with van der Waals surface area (Å²) in [5.74, 6) is 0.310. The maximum absolute atomic E-state index is 5.01. The van der Waals surface area contributed by atoms with Crippen LogP contribution in [0.25, 0.3) is 16.3 Å². The van der Waals surface area contributed by atoms with Crippen LogP contribution in [0, 0.1) is 0 Å². The maximum atomic E-state index is 5.01. The van der Waals surface area contributed by atoms with E-state index >= 15 is 0 Å². The Kier molecular flexibility index (Phi) is 4.49. The molecule has 0 bridgehead atoms. The molecule has 0 saturated carbocycles. The summed E-state index contributed by atoms with van der Waals surface area (Å²) in [4.78, 5) is 1.24. The first-order valence-corrected chi connectivity index (χ1v) is 9.49. The monoisotopic (exact) mass is 344 g/mol. The van der Waals surface area contributed by atoms with Gasteiger partial charge in [-0.05, 0) is 41.6 Å². The fraction of sp³-hybridized carbons (Fsp3) is 0.136. The minimum Gasteiger partial charge on any atom is -0.232 e. The minimum absolute atomic E-state index is 0.310. The zero-order valence-corrected chi connectivity index (χ0v) is 15.0. The van der Waals surface area contributed by atoms with E-state index in [9.17, 15) is 0 Å². The number of aromatic nitrogens is 2. The van der Waals surface area contributed by atoms with Crippen molar-refractivity contribution in [1.29, 1.82) is 0 Å². The molecule has 2 aromatic carbocycles. The summed E-state index contributed by atoms with van der Waals surface area (Å²) in [6, 6.07) is 27.5. The van der Waals surface area contributed by atoms with Gasteiger partial charge in [0, 0.05) is 5.92 Å². The second-order valence-corrected chi connectivity index (χ2v) is 7.00. The summed E-state index contributed by atoms with van der Waals surface area (Å²) in [5.41, 5.74) is 4.70. The van der Waals surface area contributed by atoms with E-state index in [0.29, 0.717) is 5.92 Å². The molecule has 0 aliphatic heterocycles. The average molecular weight is 344 g/mol. The van der Waals surface area contributed by atoms with E-state index in [1.165, 1.54) is 10.4 Å². The molecule has 3 heteroatoms. The van der Waals surface area contributed by atoms with E-state index in [2.05, 4.69) is 89.8 Å². The molecule has 0 amide bonds. The SMILES string of the molecule is CCC(c1ccccc1)c1cc(-c2cccs2)n(-c2ccccc2)n1. The predicted octanol–water partition coefficient (Wildman–Crippen LogP) is 6.14. The number of thiophene rings is 1. The lowest BCUT2D eigenvalue weighted by molar-refractivity contribution is 0.723. The summed E-state index contributed by atoms with van der Waals surface area (Å²) in [6.45, 7) is 2.23. The summed E-state index contributed by atoms with van der Waals surface area (Å²) in [7, 11) is 0. The van der Waals surface area contributed by atoms with E-state index in [0.717, 1.165) is 23.5 Å². The third-order valence-electron chi connectivity index (χ3n) is 4.47. The van der Waals surface area contributed by atoms with E-state index in [1.54, 1.807) is 11.3 Å². The molecule has 4 rings (SSSR count). The van der Waals surface area contributed by atoms with Crippen LogP contribution in [0.4, 0.5) is 0 Å². The second-order valence-electron chi connectivity index (χ2n) is 6.05. The number of para-hydroxylation sites is 1. The minimum atomic E-state index is 0.310. The third-order valence-corrected chi connectivity index (χ3v) is 5.36. The first kappa shape index (κ1) is 15.9. The van der Waals surface area contributed by atoms with Gasteiger partial charge < -0.3 is 0 Å². The first-order valence-electron chi connectivity index (χ1n) is 8.61. The van der Waals surface area contributed by atoms with Crippen LogP contribution in [-0.2, 0) is 0 Å². The lowest BCUT2D eigenvalue weighted by atomic mass is 9.93. The molecule has 4 aromatic rings. The summed E-state index contributed by atoms with van der Waals surface area (Å²) < 4.78 is 2.08. The lowest BCUT2D eigenvalue weighted by Gasteiger charge is -2.12. The highest BCUT2D eigenvalue weighted by Gasteiger charge is 2.19. The summed E-state index contributed by atoms with van der Waals surface area (Å²) >= 11 is 1.75. The van der Waals surface area contributed by atoms with Crippen LogP contribution in [0.1, 0.15) is 30.5 Å². The van der Waals surface area contributed by atoms with Crippen molar-refractivity contribution in [1.82, 2.24) is 9.78 Å². The molecule has 0 aliphatic carbocycles. The van der Waals surface area contributed by atoms with E-state index in [1.807, 2.05) is 6.07 Å². The molecular weight excluding hydrogens is 324 g/mol. The van der Waals surface area contributed by atoms with E-state index < -0.39 is 0 Å². The van der Waals surface area contributed by atoms with Gasteiger partial charge in [-0.3, -0.25) is 0 Å². The highest BCUT2D eigenvalue weighted by atomic mass is 32.1. The van der Waals surface area contributed by atoms with Crippen LogP contribution in [0.15, 0.2) is 84.2 Å². The molecule has 2 heterocycles. The number of hydrogen-bond acceptors (Lipinski definition) is 2. The van der Waals surface area contributed by atoms with Crippen LogP contribution in [0.5, 0.6) is 0 Å². The smallest absolute Gasteiger partial charge is 0.0843 e. The Bertz CT molecular complexity index is 925. The van der Waals surface area contributed by atoms with Gasteiger partial charge in [0.15, 0.2) is 0 Å². The van der Waals surface area contributed by atoms with Gasteiger partial charge >= 0.3 is 0 Å². The summed E-state index contributed by atoms with van der Waals surface area (Å²) in [6.07, 6.45) is 1.03. The molecule has 0 saturated heterocycles. The molecule has 1 atom stereocenters. The van der Waals surface area contributed by atoms with Gasteiger partial charge in [0.05, 0.1) is 22.0 Å². The number of benzene rings is 2. The normalized spacial score (nSPS) is 12.2. The average Bonchev–Trinajstić information content (AvgIpc) is 3.34. The Hall–Kier alpha value is -2.65. The molecular formula is C22H20N2S. The molecule has 1 unspecified atom stereocenters. The van der Waals surface area contributed by atoms with Gasteiger partial charge in [-0.2, -0.15) is 5.10 Å². The molecule has 25 heavy (non-hydrogen) atoms. The lowest BCUT2D eigenvalue weighted by Crippen LogP contribution is -2.03. The fourth-order valence-corrected chi connectivity index (χ4v) is 3.96. The van der Waals surface area contributed by atoms with Gasteiger partial charge in [-0.15, -0.1) is 11.3 Å². The quantitative estimate of drug-likeness (QED) is 0.425. The Balaban J connectivity index is 1.85. The van der Waals surface area contributed by atoms with Crippen molar-refractivity contribution in [3.05, 3.63) is 95.5 Å². The van der Waals surface area contributed by atoms with Crippen molar-refractivity contribution in [3.63, 3.8) is 0 Å². The highest BCUT2D eigenvalue weighted by Crippen LogP contribution is 2.33. The van der Waals surface area contributed by atoms with Gasteiger partial charge in [0.2, 0.25) is 0 Å². The number of rotatable bonds is 5. The van der Waals surface area contributed by atoms with Crippen molar-refractivity contribution in [2.75, 3.05) is 0 Å². The van der Waals surface area contributed by atoms with E-state index in [-0.39, 0.29) is 0 Å². The molecule has 0 aliphatic rings. The standard InChI is InChI=1S/C22H20N2S/c1-2-19(17-10-5-3-6-11-17)20-16-21(22-14-9-15-25-22)24(23-20)18-12-7-4-8-13-18/h3-16,19H,2H2,1H3. The zero-order chi connectivity index (χ0) is 17.1. The molecule has 0 radical (unpaired) electrons. The van der Waals surface area contributed by atoms with Gasteiger partial charge in [0.1, 0.15) is 0 Å². The van der Waals surface area contributed by atoms with Crippen molar-refractivity contribution >= 4 is 11.3 Å². The van der Waals surface area contributed by atoms with Crippen LogP contribution < -0.4 is 0 Å². The van der Waals surface area contributed by atoms with Crippen molar-refractivity contribution in [3.8, 4) is 16.3 Å². The number of nitrogens with zero attached hydrogens (tertiary/aromatic N) is 2. The fourth-order valence-electron chi connectivity index (χ4n) is 3.24. The Morgan fingerprint density at radius 1 is 0.920 bits per heavy atom. The van der Waals surface area contributed by atoms with Crippen LogP contribution in [0.3, 0.4) is 0 Å². The molecule has 2 aromatic heterocycles. The molecule has 0 N–H and O–H groups in total. The highest BCUT2D eigenvalue weighted by molar-refractivity contribution is 7.13. The largest absolute Gasteiger partial charge is 0.232 e. The molecule has 0 spiro atoms. The van der Waals surface area contributed by atoms with Gasteiger partial charge in [-0.1, -0.05) is 61.5 Å². The van der Waals surface area contributed by atoms with Crippen molar-refractivity contribution in [2.24, 2.45) is 0 Å². The maximum Gasteiger partial charge on any atom is 0.0843 e. The van der Waals surface area contributed by atoms with Crippen molar-refractivity contribution < 1.29 is 0 Å². The first-order chi connectivity index (χ1) is 12.4. The summed E-state index contributed by atoms with van der Waals surface area (Å²) in [5, 5.41) is 7.12. The Labute approximate surface area is 152 Å².